The average molecular weight is 337 g/mol. The van der Waals surface area contributed by atoms with Gasteiger partial charge in [-0.25, -0.2) is 4.79 Å². The molecular formula is C21H36O3. The lowest BCUT2D eigenvalue weighted by atomic mass is 9.94. The second-order valence-electron chi connectivity index (χ2n) is 7.37. The van der Waals surface area contributed by atoms with Gasteiger partial charge in [-0.3, -0.25) is 0 Å². The minimum Gasteiger partial charge on any atom is -0.460 e. The van der Waals surface area contributed by atoms with Gasteiger partial charge < -0.3 is 9.47 Å². The lowest BCUT2D eigenvalue weighted by molar-refractivity contribution is -0.141. The molecule has 0 saturated carbocycles. The summed E-state index contributed by atoms with van der Waals surface area (Å²) in [4.78, 5) is 11.5. The van der Waals surface area contributed by atoms with Gasteiger partial charge in [0.15, 0.2) is 0 Å². The van der Waals surface area contributed by atoms with Crippen LogP contribution in [-0.4, -0.2) is 24.3 Å². The van der Waals surface area contributed by atoms with E-state index in [4.69, 9.17) is 9.47 Å². The van der Waals surface area contributed by atoms with Crippen LogP contribution in [-0.2, 0) is 14.3 Å². The molecule has 0 bridgehead atoms. The van der Waals surface area contributed by atoms with Gasteiger partial charge in [0.05, 0.1) is 18.3 Å². The molecule has 0 rings (SSSR count). The third kappa shape index (κ3) is 13.1. The van der Waals surface area contributed by atoms with Crippen molar-refractivity contribution in [3.8, 4) is 0 Å². The SMILES string of the molecule is C=CCOC(C)(C)CCCC(C)C/C=C/C(C)=C/C(=O)OC(C)C. The van der Waals surface area contributed by atoms with E-state index in [0.717, 1.165) is 24.8 Å². The first kappa shape index (κ1) is 22.6. The van der Waals surface area contributed by atoms with Crippen molar-refractivity contribution < 1.29 is 14.3 Å². The molecule has 0 aromatic rings. The molecule has 138 valence electrons. The number of rotatable bonds is 12. The van der Waals surface area contributed by atoms with E-state index in [1.165, 1.54) is 6.42 Å². The number of esters is 1. The van der Waals surface area contributed by atoms with E-state index in [9.17, 15) is 4.79 Å². The summed E-state index contributed by atoms with van der Waals surface area (Å²) >= 11 is 0. The van der Waals surface area contributed by atoms with E-state index in [1.807, 2.05) is 26.8 Å². The average Bonchev–Trinajstić information content (AvgIpc) is 2.43. The van der Waals surface area contributed by atoms with Gasteiger partial charge >= 0.3 is 5.97 Å². The lowest BCUT2D eigenvalue weighted by Gasteiger charge is -2.25. The zero-order valence-corrected chi connectivity index (χ0v) is 16.4. The van der Waals surface area contributed by atoms with Gasteiger partial charge in [-0.1, -0.05) is 38.0 Å². The number of hydrogen-bond acceptors (Lipinski definition) is 3. The highest BCUT2D eigenvalue weighted by Crippen LogP contribution is 2.21. The zero-order chi connectivity index (χ0) is 18.6. The van der Waals surface area contributed by atoms with Crippen molar-refractivity contribution in [2.45, 2.75) is 78.9 Å². The summed E-state index contributed by atoms with van der Waals surface area (Å²) in [5, 5.41) is 0. The molecule has 3 nitrogen and oxygen atoms in total. The summed E-state index contributed by atoms with van der Waals surface area (Å²) in [6.07, 6.45) is 11.8. The normalized spacial score (nSPS) is 14.2. The molecule has 0 spiro atoms. The fourth-order valence-corrected chi connectivity index (χ4v) is 2.34. The molecule has 0 heterocycles. The van der Waals surface area contributed by atoms with Crippen LogP contribution in [0.5, 0.6) is 0 Å². The van der Waals surface area contributed by atoms with E-state index in [2.05, 4.69) is 33.4 Å². The highest BCUT2D eigenvalue weighted by molar-refractivity contribution is 5.83. The number of carbonyl (C=O) groups is 1. The van der Waals surface area contributed by atoms with Crippen LogP contribution in [0.1, 0.15) is 67.2 Å². The fraction of sp³-hybridized carbons (Fsp3) is 0.667. The molecule has 0 N–H and O–H groups in total. The van der Waals surface area contributed by atoms with Crippen molar-refractivity contribution in [3.63, 3.8) is 0 Å². The van der Waals surface area contributed by atoms with Gasteiger partial charge in [-0.2, -0.15) is 0 Å². The molecule has 0 aliphatic heterocycles. The molecule has 0 aromatic heterocycles. The minimum atomic E-state index is -0.276. The molecule has 0 fully saturated rings. The Hall–Kier alpha value is -1.35. The summed E-state index contributed by atoms with van der Waals surface area (Å²) in [5.41, 5.74) is 0.839. The summed E-state index contributed by atoms with van der Waals surface area (Å²) in [7, 11) is 0. The van der Waals surface area contributed by atoms with E-state index < -0.39 is 0 Å². The maximum atomic E-state index is 11.5. The van der Waals surface area contributed by atoms with Crippen molar-refractivity contribution in [2.24, 2.45) is 5.92 Å². The van der Waals surface area contributed by atoms with Gasteiger partial charge in [-0.15, -0.1) is 6.58 Å². The van der Waals surface area contributed by atoms with E-state index in [1.54, 1.807) is 12.2 Å². The van der Waals surface area contributed by atoms with Crippen LogP contribution >= 0.6 is 0 Å². The number of hydrogen-bond donors (Lipinski definition) is 0. The largest absolute Gasteiger partial charge is 0.460 e. The first-order valence-corrected chi connectivity index (χ1v) is 8.96. The molecule has 0 aromatic carbocycles. The Morgan fingerprint density at radius 1 is 1.25 bits per heavy atom. The van der Waals surface area contributed by atoms with Gasteiger partial charge in [0.2, 0.25) is 0 Å². The second kappa shape index (κ2) is 12.1. The maximum Gasteiger partial charge on any atom is 0.331 e. The molecule has 3 heteroatoms. The highest BCUT2D eigenvalue weighted by Gasteiger charge is 2.17. The first-order valence-electron chi connectivity index (χ1n) is 8.96. The van der Waals surface area contributed by atoms with Gasteiger partial charge in [0.25, 0.3) is 0 Å². The van der Waals surface area contributed by atoms with Crippen molar-refractivity contribution in [1.82, 2.24) is 0 Å². The van der Waals surface area contributed by atoms with Gasteiger partial charge in [0, 0.05) is 6.08 Å². The lowest BCUT2D eigenvalue weighted by Crippen LogP contribution is -2.24. The number of carbonyl (C=O) groups excluding carboxylic acids is 1. The quantitative estimate of drug-likeness (QED) is 0.201. The van der Waals surface area contributed by atoms with Crippen LogP contribution in [0.4, 0.5) is 0 Å². The summed E-state index contributed by atoms with van der Waals surface area (Å²) in [6.45, 7) is 16.4. The Balaban J connectivity index is 4.08. The van der Waals surface area contributed by atoms with E-state index in [0.29, 0.717) is 12.5 Å². The second-order valence-corrected chi connectivity index (χ2v) is 7.37. The highest BCUT2D eigenvalue weighted by atomic mass is 16.5. The van der Waals surface area contributed by atoms with Crippen molar-refractivity contribution >= 4 is 5.97 Å². The first-order chi connectivity index (χ1) is 11.2. The fourth-order valence-electron chi connectivity index (χ4n) is 2.34. The topological polar surface area (TPSA) is 35.5 Å². The number of ether oxygens (including phenoxy) is 2. The Bertz CT molecular complexity index is 430. The zero-order valence-electron chi connectivity index (χ0n) is 16.4. The van der Waals surface area contributed by atoms with E-state index in [-0.39, 0.29) is 17.7 Å². The van der Waals surface area contributed by atoms with Crippen LogP contribution in [0.15, 0.2) is 36.5 Å². The molecular weight excluding hydrogens is 300 g/mol. The molecule has 0 amide bonds. The molecule has 1 atom stereocenters. The predicted octanol–water partition coefficient (Wildman–Crippen LogP) is 5.62. The molecule has 0 aliphatic carbocycles. The predicted molar refractivity (Wildman–Crippen MR) is 102 cm³/mol. The van der Waals surface area contributed by atoms with Crippen molar-refractivity contribution in [3.05, 3.63) is 36.5 Å². The van der Waals surface area contributed by atoms with Crippen LogP contribution in [0.25, 0.3) is 0 Å². The molecule has 0 radical (unpaired) electrons. The van der Waals surface area contributed by atoms with Gasteiger partial charge in [0.1, 0.15) is 0 Å². The van der Waals surface area contributed by atoms with E-state index >= 15 is 0 Å². The number of allylic oxidation sites excluding steroid dienone is 3. The monoisotopic (exact) mass is 336 g/mol. The standard InChI is InChI=1S/C21H36O3/c1-8-15-23-21(6,7)14-10-13-18(4)11-9-12-19(5)16-20(22)24-17(2)3/h8-9,12,16-18H,1,10-11,13-15H2,2-7H3/b12-9+,19-16+. The Kier molecular flexibility index (Phi) is 11.4. The summed E-state index contributed by atoms with van der Waals surface area (Å²) in [6, 6.07) is 0. The van der Waals surface area contributed by atoms with Crippen LogP contribution in [0.2, 0.25) is 0 Å². The molecule has 0 aliphatic rings. The Morgan fingerprint density at radius 3 is 2.50 bits per heavy atom. The molecule has 0 saturated heterocycles. The minimum absolute atomic E-state index is 0.0785. The third-order valence-electron chi connectivity index (χ3n) is 3.68. The Morgan fingerprint density at radius 2 is 1.92 bits per heavy atom. The third-order valence-corrected chi connectivity index (χ3v) is 3.68. The van der Waals surface area contributed by atoms with Crippen molar-refractivity contribution in [1.29, 1.82) is 0 Å². The molecule has 1 unspecified atom stereocenters. The van der Waals surface area contributed by atoms with Crippen LogP contribution in [0.3, 0.4) is 0 Å². The van der Waals surface area contributed by atoms with Crippen molar-refractivity contribution in [2.75, 3.05) is 6.61 Å². The molecule has 24 heavy (non-hydrogen) atoms. The van der Waals surface area contributed by atoms with Gasteiger partial charge in [-0.05, 0) is 59.0 Å². The Labute approximate surface area is 148 Å². The summed E-state index contributed by atoms with van der Waals surface area (Å²) < 4.78 is 10.8. The summed E-state index contributed by atoms with van der Waals surface area (Å²) in [5.74, 6) is 0.342. The van der Waals surface area contributed by atoms with Crippen LogP contribution < -0.4 is 0 Å². The maximum absolute atomic E-state index is 11.5. The van der Waals surface area contributed by atoms with Crippen LogP contribution in [0, 0.1) is 5.92 Å². The smallest absolute Gasteiger partial charge is 0.331 e.